The van der Waals surface area contributed by atoms with Crippen LogP contribution in [0.2, 0.25) is 10.0 Å². The Morgan fingerprint density at radius 1 is 0.679 bits per heavy atom. The minimum atomic E-state index is 0.0674. The van der Waals surface area contributed by atoms with Gasteiger partial charge in [0.1, 0.15) is 11.5 Å². The van der Waals surface area contributed by atoms with E-state index in [-0.39, 0.29) is 5.92 Å². The van der Waals surface area contributed by atoms with Gasteiger partial charge in [-0.3, -0.25) is 0 Å². The normalized spacial score (nSPS) is 15.6. The van der Waals surface area contributed by atoms with Gasteiger partial charge in [0.25, 0.3) is 0 Å². The lowest BCUT2D eigenvalue weighted by Gasteiger charge is -2.27. The summed E-state index contributed by atoms with van der Waals surface area (Å²) in [5, 5.41) is 3.84. The van der Waals surface area contributed by atoms with Gasteiger partial charge in [0.15, 0.2) is 0 Å². The molecular formula is C25H16Cl2O. The van der Waals surface area contributed by atoms with Gasteiger partial charge in [-0.1, -0.05) is 65.7 Å². The third-order valence-electron chi connectivity index (χ3n) is 5.14. The van der Waals surface area contributed by atoms with Gasteiger partial charge >= 0.3 is 0 Å². The Morgan fingerprint density at radius 3 is 2.11 bits per heavy atom. The van der Waals surface area contributed by atoms with E-state index in [9.17, 15) is 0 Å². The molecule has 28 heavy (non-hydrogen) atoms. The summed E-state index contributed by atoms with van der Waals surface area (Å²) in [6, 6.07) is 28.4. The number of halogens is 2. The Morgan fingerprint density at radius 2 is 1.36 bits per heavy atom. The first kappa shape index (κ1) is 17.4. The highest BCUT2D eigenvalue weighted by atomic mass is 35.5. The molecular weight excluding hydrogens is 387 g/mol. The molecule has 136 valence electrons. The standard InChI is InChI=1S/C25H16Cl2O/c26-19-10-5-17(6-11-19)22-15-24(18-7-12-20(27)13-8-18)28-23-14-9-16-3-1-2-4-21(16)25(22)23/h1-15,22H. The first-order chi connectivity index (χ1) is 13.7. The summed E-state index contributed by atoms with van der Waals surface area (Å²) in [4.78, 5) is 0. The van der Waals surface area contributed by atoms with Crippen molar-refractivity contribution >= 4 is 39.7 Å². The van der Waals surface area contributed by atoms with Gasteiger partial charge in [0, 0.05) is 27.1 Å². The molecule has 0 aromatic heterocycles. The predicted octanol–water partition coefficient (Wildman–Crippen LogP) is 7.71. The molecule has 0 bridgehead atoms. The molecule has 0 amide bonds. The van der Waals surface area contributed by atoms with Crippen LogP contribution in [0, 0.1) is 0 Å². The fourth-order valence-corrected chi connectivity index (χ4v) is 4.03. The molecule has 1 atom stereocenters. The number of rotatable bonds is 2. The maximum absolute atomic E-state index is 6.33. The van der Waals surface area contributed by atoms with Crippen LogP contribution in [-0.2, 0) is 0 Å². The van der Waals surface area contributed by atoms with Gasteiger partial charge in [-0.2, -0.15) is 0 Å². The van der Waals surface area contributed by atoms with Crippen molar-refractivity contribution in [2.75, 3.05) is 0 Å². The number of hydrogen-bond acceptors (Lipinski definition) is 1. The lowest BCUT2D eigenvalue weighted by atomic mass is 9.85. The van der Waals surface area contributed by atoms with E-state index in [1.165, 1.54) is 21.9 Å². The Balaban J connectivity index is 1.73. The highest BCUT2D eigenvalue weighted by molar-refractivity contribution is 6.30. The molecule has 0 N–H and O–H groups in total. The molecule has 0 radical (unpaired) electrons. The van der Waals surface area contributed by atoms with Crippen LogP contribution in [0.1, 0.15) is 22.6 Å². The van der Waals surface area contributed by atoms with E-state index in [4.69, 9.17) is 27.9 Å². The third kappa shape index (κ3) is 3.07. The smallest absolute Gasteiger partial charge is 0.132 e. The summed E-state index contributed by atoms with van der Waals surface area (Å²) in [7, 11) is 0. The van der Waals surface area contributed by atoms with Crippen molar-refractivity contribution in [2.24, 2.45) is 0 Å². The second-order valence-corrected chi connectivity index (χ2v) is 7.74. The maximum Gasteiger partial charge on any atom is 0.132 e. The quantitative estimate of drug-likeness (QED) is 0.333. The van der Waals surface area contributed by atoms with Crippen LogP contribution in [0.4, 0.5) is 0 Å². The summed E-state index contributed by atoms with van der Waals surface area (Å²) < 4.78 is 6.33. The number of ether oxygens (including phenoxy) is 1. The van der Waals surface area contributed by atoms with Crippen LogP contribution in [-0.4, -0.2) is 0 Å². The monoisotopic (exact) mass is 402 g/mol. The summed E-state index contributed by atoms with van der Waals surface area (Å²) in [5.74, 6) is 1.78. The zero-order chi connectivity index (χ0) is 19.1. The molecule has 1 nitrogen and oxygen atoms in total. The number of allylic oxidation sites excluding steroid dienone is 1. The van der Waals surface area contributed by atoms with Gasteiger partial charge in [0.05, 0.1) is 0 Å². The molecule has 0 fully saturated rings. The van der Waals surface area contributed by atoms with Crippen LogP contribution in [0.3, 0.4) is 0 Å². The molecule has 0 spiro atoms. The number of hydrogen-bond donors (Lipinski definition) is 0. The molecule has 1 aliphatic rings. The van der Waals surface area contributed by atoms with Crippen LogP contribution in [0.15, 0.2) is 91.0 Å². The number of fused-ring (bicyclic) bond motifs is 3. The van der Waals surface area contributed by atoms with E-state index < -0.39 is 0 Å². The van der Waals surface area contributed by atoms with Crippen molar-refractivity contribution in [2.45, 2.75) is 5.92 Å². The fraction of sp³-hybridized carbons (Fsp3) is 0.0400. The van der Waals surface area contributed by atoms with Crippen LogP contribution in [0.5, 0.6) is 5.75 Å². The van der Waals surface area contributed by atoms with Crippen molar-refractivity contribution < 1.29 is 4.74 Å². The van der Waals surface area contributed by atoms with E-state index in [0.29, 0.717) is 5.02 Å². The zero-order valence-corrected chi connectivity index (χ0v) is 16.4. The average Bonchev–Trinajstić information content (AvgIpc) is 2.74. The van der Waals surface area contributed by atoms with Gasteiger partial charge in [-0.25, -0.2) is 0 Å². The molecule has 4 aromatic rings. The van der Waals surface area contributed by atoms with Crippen LogP contribution < -0.4 is 4.74 Å². The van der Waals surface area contributed by atoms with Crippen molar-refractivity contribution in [3.05, 3.63) is 118 Å². The van der Waals surface area contributed by atoms with E-state index in [0.717, 1.165) is 22.1 Å². The molecule has 0 saturated carbocycles. The highest BCUT2D eigenvalue weighted by Gasteiger charge is 2.26. The van der Waals surface area contributed by atoms with Gasteiger partial charge in [-0.05, 0) is 64.9 Å². The van der Waals surface area contributed by atoms with Crippen molar-refractivity contribution in [3.8, 4) is 5.75 Å². The zero-order valence-electron chi connectivity index (χ0n) is 14.9. The second-order valence-electron chi connectivity index (χ2n) is 6.87. The molecule has 5 rings (SSSR count). The molecule has 1 aliphatic heterocycles. The fourth-order valence-electron chi connectivity index (χ4n) is 3.77. The van der Waals surface area contributed by atoms with Gasteiger partial charge in [-0.15, -0.1) is 0 Å². The molecule has 1 unspecified atom stereocenters. The predicted molar refractivity (Wildman–Crippen MR) is 117 cm³/mol. The summed E-state index contributed by atoms with van der Waals surface area (Å²) in [6.45, 7) is 0. The molecule has 3 heteroatoms. The maximum atomic E-state index is 6.33. The van der Waals surface area contributed by atoms with Crippen molar-refractivity contribution in [1.82, 2.24) is 0 Å². The van der Waals surface area contributed by atoms with Gasteiger partial charge < -0.3 is 4.74 Å². The molecule has 0 saturated heterocycles. The number of benzene rings is 4. The first-order valence-corrected chi connectivity index (χ1v) is 9.87. The highest BCUT2D eigenvalue weighted by Crippen LogP contribution is 2.44. The molecule has 4 aromatic carbocycles. The first-order valence-electron chi connectivity index (χ1n) is 9.12. The van der Waals surface area contributed by atoms with Crippen molar-refractivity contribution in [3.63, 3.8) is 0 Å². The Bertz CT molecular complexity index is 1190. The Kier molecular flexibility index (Phi) is 4.35. The topological polar surface area (TPSA) is 9.23 Å². The lowest BCUT2D eigenvalue weighted by molar-refractivity contribution is 0.494. The molecule has 1 heterocycles. The second kappa shape index (κ2) is 7.01. The lowest BCUT2D eigenvalue weighted by Crippen LogP contribution is -2.11. The largest absolute Gasteiger partial charge is 0.457 e. The average molecular weight is 403 g/mol. The minimum Gasteiger partial charge on any atom is -0.457 e. The van der Waals surface area contributed by atoms with E-state index in [2.05, 4.69) is 54.6 Å². The summed E-state index contributed by atoms with van der Waals surface area (Å²) in [6.07, 6.45) is 2.18. The van der Waals surface area contributed by atoms with Gasteiger partial charge in [0.2, 0.25) is 0 Å². The van der Waals surface area contributed by atoms with Crippen LogP contribution in [0.25, 0.3) is 16.5 Å². The van der Waals surface area contributed by atoms with E-state index >= 15 is 0 Å². The van der Waals surface area contributed by atoms with E-state index in [1.807, 2.05) is 36.4 Å². The summed E-state index contributed by atoms with van der Waals surface area (Å²) in [5.41, 5.74) is 3.36. The van der Waals surface area contributed by atoms with E-state index in [1.54, 1.807) is 0 Å². The molecule has 0 aliphatic carbocycles. The summed E-state index contributed by atoms with van der Waals surface area (Å²) >= 11 is 12.2. The SMILES string of the molecule is Clc1ccc(C2=CC(c3ccc(Cl)cc3)c3c(ccc4ccccc34)O2)cc1. The Hall–Kier alpha value is -2.74. The third-order valence-corrected chi connectivity index (χ3v) is 5.64. The van der Waals surface area contributed by atoms with Crippen molar-refractivity contribution in [1.29, 1.82) is 0 Å². The minimum absolute atomic E-state index is 0.0674. The van der Waals surface area contributed by atoms with Crippen LogP contribution >= 0.6 is 23.2 Å². The Labute approximate surface area is 173 Å².